The topological polar surface area (TPSA) is 28.2 Å². The standard InChI is InChI=1S/C15H27N3/c1-5-8-18(9-6-2)15-10-13(4)17-12-14(15)11-16-7-3/h10,12,16H,5-9,11H2,1-4H3. The van der Waals surface area contributed by atoms with E-state index in [9.17, 15) is 0 Å². The van der Waals surface area contributed by atoms with Crippen LogP contribution in [0.4, 0.5) is 5.69 Å². The van der Waals surface area contributed by atoms with Crippen molar-refractivity contribution in [2.75, 3.05) is 24.5 Å². The number of aryl methyl sites for hydroxylation is 1. The van der Waals surface area contributed by atoms with E-state index in [1.54, 1.807) is 0 Å². The Balaban J connectivity index is 2.96. The van der Waals surface area contributed by atoms with Crippen LogP contribution in [0, 0.1) is 6.92 Å². The van der Waals surface area contributed by atoms with E-state index in [0.29, 0.717) is 0 Å². The highest BCUT2D eigenvalue weighted by Gasteiger charge is 2.10. The lowest BCUT2D eigenvalue weighted by Crippen LogP contribution is -2.27. The molecule has 0 atom stereocenters. The molecule has 0 saturated heterocycles. The van der Waals surface area contributed by atoms with E-state index in [2.05, 4.69) is 49.0 Å². The smallest absolute Gasteiger partial charge is 0.0445 e. The molecule has 18 heavy (non-hydrogen) atoms. The maximum Gasteiger partial charge on any atom is 0.0445 e. The van der Waals surface area contributed by atoms with Crippen LogP contribution in [-0.2, 0) is 6.54 Å². The maximum absolute atomic E-state index is 4.43. The zero-order valence-electron chi connectivity index (χ0n) is 12.3. The Morgan fingerprint density at radius 3 is 2.39 bits per heavy atom. The molecule has 1 rings (SSSR count). The molecule has 0 unspecified atom stereocenters. The highest BCUT2D eigenvalue weighted by Crippen LogP contribution is 2.21. The summed E-state index contributed by atoms with van der Waals surface area (Å²) < 4.78 is 0. The molecule has 0 radical (unpaired) electrons. The molecule has 0 aliphatic carbocycles. The normalized spacial score (nSPS) is 10.7. The summed E-state index contributed by atoms with van der Waals surface area (Å²) in [6, 6.07) is 2.22. The number of nitrogens with zero attached hydrogens (tertiary/aromatic N) is 2. The third kappa shape index (κ3) is 4.30. The van der Waals surface area contributed by atoms with Gasteiger partial charge in [0.25, 0.3) is 0 Å². The van der Waals surface area contributed by atoms with E-state index in [4.69, 9.17) is 0 Å². The van der Waals surface area contributed by atoms with Crippen LogP contribution in [0.2, 0.25) is 0 Å². The number of aromatic nitrogens is 1. The van der Waals surface area contributed by atoms with Crippen molar-refractivity contribution in [2.45, 2.75) is 47.1 Å². The Kier molecular flexibility index (Phi) is 6.73. The minimum absolute atomic E-state index is 0.906. The summed E-state index contributed by atoms with van der Waals surface area (Å²) in [6.45, 7) is 12.8. The van der Waals surface area contributed by atoms with E-state index in [1.165, 1.54) is 24.1 Å². The van der Waals surface area contributed by atoms with Crippen LogP contribution < -0.4 is 10.2 Å². The van der Waals surface area contributed by atoms with Crippen molar-refractivity contribution >= 4 is 5.69 Å². The molecule has 1 aromatic rings. The molecular weight excluding hydrogens is 222 g/mol. The third-order valence-corrected chi connectivity index (χ3v) is 2.99. The SMILES string of the molecule is CCCN(CCC)c1cc(C)ncc1CNCC. The van der Waals surface area contributed by atoms with Crippen LogP contribution in [0.5, 0.6) is 0 Å². The lowest BCUT2D eigenvalue weighted by molar-refractivity contribution is 0.703. The van der Waals surface area contributed by atoms with Crippen LogP contribution in [0.1, 0.15) is 44.9 Å². The molecule has 0 fully saturated rings. The van der Waals surface area contributed by atoms with Crippen LogP contribution in [-0.4, -0.2) is 24.6 Å². The molecule has 0 aliphatic heterocycles. The summed E-state index contributed by atoms with van der Waals surface area (Å²) in [5.74, 6) is 0. The van der Waals surface area contributed by atoms with E-state index in [0.717, 1.165) is 31.9 Å². The predicted octanol–water partition coefficient (Wildman–Crippen LogP) is 3.13. The number of pyridine rings is 1. The van der Waals surface area contributed by atoms with Crippen molar-refractivity contribution in [3.8, 4) is 0 Å². The van der Waals surface area contributed by atoms with E-state index in [-0.39, 0.29) is 0 Å². The largest absolute Gasteiger partial charge is 0.371 e. The van der Waals surface area contributed by atoms with Gasteiger partial charge in [0.05, 0.1) is 0 Å². The molecule has 1 heterocycles. The number of nitrogens with one attached hydrogen (secondary N) is 1. The summed E-state index contributed by atoms with van der Waals surface area (Å²) in [5.41, 5.74) is 3.76. The monoisotopic (exact) mass is 249 g/mol. The Hall–Kier alpha value is -1.09. The number of rotatable bonds is 8. The van der Waals surface area contributed by atoms with Crippen molar-refractivity contribution in [3.63, 3.8) is 0 Å². The van der Waals surface area contributed by atoms with Gasteiger partial charge in [-0.25, -0.2) is 0 Å². The molecule has 1 aromatic heterocycles. The lowest BCUT2D eigenvalue weighted by Gasteiger charge is -2.26. The van der Waals surface area contributed by atoms with Crippen LogP contribution in [0.25, 0.3) is 0 Å². The fourth-order valence-corrected chi connectivity index (χ4v) is 2.16. The van der Waals surface area contributed by atoms with Gasteiger partial charge in [-0.05, 0) is 32.4 Å². The first-order valence-corrected chi connectivity index (χ1v) is 7.14. The minimum Gasteiger partial charge on any atom is -0.371 e. The summed E-state index contributed by atoms with van der Waals surface area (Å²) in [7, 11) is 0. The predicted molar refractivity (Wildman–Crippen MR) is 79.1 cm³/mol. The fraction of sp³-hybridized carbons (Fsp3) is 0.667. The molecule has 3 nitrogen and oxygen atoms in total. The summed E-state index contributed by atoms with van der Waals surface area (Å²) >= 11 is 0. The lowest BCUT2D eigenvalue weighted by atomic mass is 10.1. The first-order chi connectivity index (χ1) is 8.72. The van der Waals surface area contributed by atoms with E-state index >= 15 is 0 Å². The van der Waals surface area contributed by atoms with Gasteiger partial charge in [0.2, 0.25) is 0 Å². The highest BCUT2D eigenvalue weighted by molar-refractivity contribution is 5.53. The Morgan fingerprint density at radius 1 is 1.17 bits per heavy atom. The van der Waals surface area contributed by atoms with E-state index in [1.807, 2.05) is 6.20 Å². The zero-order valence-corrected chi connectivity index (χ0v) is 12.3. The van der Waals surface area contributed by atoms with Crippen molar-refractivity contribution in [2.24, 2.45) is 0 Å². The van der Waals surface area contributed by atoms with Gasteiger partial charge in [-0.1, -0.05) is 20.8 Å². The van der Waals surface area contributed by atoms with Gasteiger partial charge >= 0.3 is 0 Å². The van der Waals surface area contributed by atoms with Crippen LogP contribution in [0.3, 0.4) is 0 Å². The van der Waals surface area contributed by atoms with Gasteiger partial charge in [0.1, 0.15) is 0 Å². The third-order valence-electron chi connectivity index (χ3n) is 2.99. The van der Waals surface area contributed by atoms with Crippen molar-refractivity contribution in [3.05, 3.63) is 23.5 Å². The van der Waals surface area contributed by atoms with Crippen molar-refractivity contribution < 1.29 is 0 Å². The second-order valence-corrected chi connectivity index (χ2v) is 4.72. The van der Waals surface area contributed by atoms with Gasteiger partial charge < -0.3 is 10.2 Å². The number of anilines is 1. The second-order valence-electron chi connectivity index (χ2n) is 4.72. The number of hydrogen-bond donors (Lipinski definition) is 1. The molecule has 3 heteroatoms. The first-order valence-electron chi connectivity index (χ1n) is 7.14. The van der Waals surface area contributed by atoms with Gasteiger partial charge in [0.15, 0.2) is 0 Å². The quantitative estimate of drug-likeness (QED) is 0.767. The second kappa shape index (κ2) is 8.09. The molecular formula is C15H27N3. The summed E-state index contributed by atoms with van der Waals surface area (Å²) in [6.07, 6.45) is 4.38. The van der Waals surface area contributed by atoms with Gasteiger partial charge in [0, 0.05) is 42.8 Å². The van der Waals surface area contributed by atoms with Crippen molar-refractivity contribution in [1.82, 2.24) is 10.3 Å². The first kappa shape index (κ1) is 15.0. The average molecular weight is 249 g/mol. The van der Waals surface area contributed by atoms with E-state index < -0.39 is 0 Å². The van der Waals surface area contributed by atoms with Gasteiger partial charge in [-0.2, -0.15) is 0 Å². The molecule has 0 bridgehead atoms. The molecule has 0 aliphatic rings. The Morgan fingerprint density at radius 2 is 1.83 bits per heavy atom. The average Bonchev–Trinajstić information content (AvgIpc) is 2.37. The van der Waals surface area contributed by atoms with Crippen LogP contribution >= 0.6 is 0 Å². The molecule has 0 saturated carbocycles. The minimum atomic E-state index is 0.906. The van der Waals surface area contributed by atoms with Crippen LogP contribution in [0.15, 0.2) is 12.3 Å². The van der Waals surface area contributed by atoms with Crippen molar-refractivity contribution in [1.29, 1.82) is 0 Å². The molecule has 0 spiro atoms. The summed E-state index contributed by atoms with van der Waals surface area (Å²) in [4.78, 5) is 6.92. The summed E-state index contributed by atoms with van der Waals surface area (Å²) in [5, 5.41) is 3.40. The van der Waals surface area contributed by atoms with Gasteiger partial charge in [-0.15, -0.1) is 0 Å². The molecule has 102 valence electrons. The highest BCUT2D eigenvalue weighted by atomic mass is 15.1. The Bertz CT molecular complexity index is 344. The maximum atomic E-state index is 4.43. The molecule has 0 amide bonds. The zero-order chi connectivity index (χ0) is 13.4. The number of hydrogen-bond acceptors (Lipinski definition) is 3. The fourth-order valence-electron chi connectivity index (χ4n) is 2.16. The molecule has 1 N–H and O–H groups in total. The van der Waals surface area contributed by atoms with Gasteiger partial charge in [-0.3, -0.25) is 4.98 Å². The Labute approximate surface area is 112 Å². The molecule has 0 aromatic carbocycles.